The van der Waals surface area contributed by atoms with Gasteiger partial charge in [0.1, 0.15) is 5.75 Å². The van der Waals surface area contributed by atoms with E-state index >= 15 is 0 Å². The van der Waals surface area contributed by atoms with E-state index in [4.69, 9.17) is 9.47 Å². The van der Waals surface area contributed by atoms with E-state index in [9.17, 15) is 0 Å². The van der Waals surface area contributed by atoms with Crippen LogP contribution in [-0.4, -0.2) is 42.9 Å². The Bertz CT molecular complexity index is 838. The van der Waals surface area contributed by atoms with Crippen molar-refractivity contribution in [1.82, 2.24) is 9.47 Å². The van der Waals surface area contributed by atoms with Crippen LogP contribution in [0.15, 0.2) is 72.9 Å². The van der Waals surface area contributed by atoms with Crippen molar-refractivity contribution in [3.63, 3.8) is 0 Å². The number of nitrogens with zero attached hydrogens (tertiary/aromatic N) is 2. The van der Waals surface area contributed by atoms with Gasteiger partial charge in [-0.3, -0.25) is 4.90 Å². The van der Waals surface area contributed by atoms with Gasteiger partial charge in [-0.1, -0.05) is 36.4 Å². The molecule has 1 fully saturated rings. The fourth-order valence-electron chi connectivity index (χ4n) is 3.71. The van der Waals surface area contributed by atoms with Crippen LogP contribution in [0.3, 0.4) is 0 Å². The summed E-state index contributed by atoms with van der Waals surface area (Å²) < 4.78 is 13.6. The van der Waals surface area contributed by atoms with Gasteiger partial charge in [0, 0.05) is 36.2 Å². The van der Waals surface area contributed by atoms with Gasteiger partial charge < -0.3 is 14.0 Å². The van der Waals surface area contributed by atoms with Gasteiger partial charge in [-0.2, -0.15) is 0 Å². The van der Waals surface area contributed by atoms with Crippen LogP contribution >= 0.6 is 0 Å². The maximum absolute atomic E-state index is 5.69. The maximum Gasteiger partial charge on any atom is 0.124 e. The van der Waals surface area contributed by atoms with Gasteiger partial charge in [-0.05, 0) is 30.3 Å². The molecule has 26 heavy (non-hydrogen) atoms. The van der Waals surface area contributed by atoms with Crippen molar-refractivity contribution in [3.05, 3.63) is 84.2 Å². The standard InChI is InChI=1S/C22H24N2O2/c1-25-21-12-6-5-10-19(21)22(23-14-16-26-17-15-23)20-11-7-13-24(20)18-8-3-2-4-9-18/h2-13,22H,14-17H2,1H3. The number of rotatable bonds is 5. The number of ether oxygens (including phenoxy) is 2. The molecule has 2 heterocycles. The molecule has 0 spiro atoms. The topological polar surface area (TPSA) is 26.6 Å². The molecule has 1 unspecified atom stereocenters. The molecule has 0 amide bonds. The van der Waals surface area contributed by atoms with Crippen LogP contribution in [0.2, 0.25) is 0 Å². The van der Waals surface area contributed by atoms with Gasteiger partial charge in [-0.25, -0.2) is 0 Å². The molecule has 2 aromatic carbocycles. The quantitative estimate of drug-likeness (QED) is 0.699. The summed E-state index contributed by atoms with van der Waals surface area (Å²) in [6, 6.07) is 23.2. The lowest BCUT2D eigenvalue weighted by Crippen LogP contribution is -2.40. The molecule has 3 aromatic rings. The Hall–Kier alpha value is -2.56. The molecular weight excluding hydrogens is 324 g/mol. The minimum absolute atomic E-state index is 0.116. The van der Waals surface area contributed by atoms with Crippen molar-refractivity contribution < 1.29 is 9.47 Å². The number of morpholine rings is 1. The number of para-hydroxylation sites is 2. The van der Waals surface area contributed by atoms with Gasteiger partial charge in [0.25, 0.3) is 0 Å². The summed E-state index contributed by atoms with van der Waals surface area (Å²) in [7, 11) is 1.74. The molecule has 4 rings (SSSR count). The Balaban J connectivity index is 1.83. The Labute approximate surface area is 154 Å². The minimum Gasteiger partial charge on any atom is -0.496 e. The second kappa shape index (κ2) is 7.77. The molecule has 0 aliphatic carbocycles. The second-order valence-electron chi connectivity index (χ2n) is 6.43. The van der Waals surface area contributed by atoms with Crippen molar-refractivity contribution in [2.75, 3.05) is 33.4 Å². The highest BCUT2D eigenvalue weighted by molar-refractivity contribution is 5.43. The highest BCUT2D eigenvalue weighted by atomic mass is 16.5. The summed E-state index contributed by atoms with van der Waals surface area (Å²) in [4.78, 5) is 2.48. The highest BCUT2D eigenvalue weighted by Crippen LogP contribution is 2.36. The van der Waals surface area contributed by atoms with E-state index in [1.807, 2.05) is 18.2 Å². The lowest BCUT2D eigenvalue weighted by atomic mass is 10.00. The van der Waals surface area contributed by atoms with Crippen molar-refractivity contribution in [3.8, 4) is 11.4 Å². The minimum atomic E-state index is 0.116. The van der Waals surface area contributed by atoms with E-state index in [2.05, 4.69) is 64.2 Å². The third-order valence-corrected chi connectivity index (χ3v) is 4.94. The van der Waals surface area contributed by atoms with Crippen molar-refractivity contribution in [2.24, 2.45) is 0 Å². The van der Waals surface area contributed by atoms with Crippen LogP contribution < -0.4 is 4.74 Å². The van der Waals surface area contributed by atoms with E-state index in [-0.39, 0.29) is 6.04 Å². The number of benzene rings is 2. The van der Waals surface area contributed by atoms with Crippen molar-refractivity contribution in [1.29, 1.82) is 0 Å². The van der Waals surface area contributed by atoms with Gasteiger partial charge >= 0.3 is 0 Å². The second-order valence-corrected chi connectivity index (χ2v) is 6.43. The fourth-order valence-corrected chi connectivity index (χ4v) is 3.71. The summed E-state index contributed by atoms with van der Waals surface area (Å²) in [6.07, 6.45) is 2.13. The monoisotopic (exact) mass is 348 g/mol. The number of methoxy groups -OCH3 is 1. The largest absolute Gasteiger partial charge is 0.496 e. The van der Waals surface area contributed by atoms with E-state index < -0.39 is 0 Å². The zero-order valence-corrected chi connectivity index (χ0v) is 15.0. The first-order valence-electron chi connectivity index (χ1n) is 9.06. The first-order chi connectivity index (χ1) is 12.9. The summed E-state index contributed by atoms with van der Waals surface area (Å²) in [5.41, 5.74) is 3.59. The molecule has 4 nitrogen and oxygen atoms in total. The van der Waals surface area contributed by atoms with Gasteiger partial charge in [0.15, 0.2) is 0 Å². The lowest BCUT2D eigenvalue weighted by Gasteiger charge is -2.36. The predicted octanol–water partition coefficient (Wildman–Crippen LogP) is 3.91. The van der Waals surface area contributed by atoms with E-state index in [1.165, 1.54) is 16.9 Å². The first kappa shape index (κ1) is 16.9. The summed E-state index contributed by atoms with van der Waals surface area (Å²) in [6.45, 7) is 3.33. The van der Waals surface area contributed by atoms with Crippen LogP contribution in [-0.2, 0) is 4.74 Å². The van der Waals surface area contributed by atoms with E-state index in [1.54, 1.807) is 7.11 Å². The molecule has 134 valence electrons. The van der Waals surface area contributed by atoms with Crippen LogP contribution in [0.5, 0.6) is 5.75 Å². The Kier molecular flexibility index (Phi) is 5.04. The third-order valence-electron chi connectivity index (χ3n) is 4.94. The van der Waals surface area contributed by atoms with Crippen LogP contribution in [0.4, 0.5) is 0 Å². The summed E-state index contributed by atoms with van der Waals surface area (Å²) >= 11 is 0. The molecule has 4 heteroatoms. The molecule has 0 N–H and O–H groups in total. The zero-order chi connectivity index (χ0) is 17.8. The number of hydrogen-bond acceptors (Lipinski definition) is 3. The van der Waals surface area contributed by atoms with Crippen molar-refractivity contribution in [2.45, 2.75) is 6.04 Å². The Morgan fingerprint density at radius 1 is 0.885 bits per heavy atom. The van der Waals surface area contributed by atoms with E-state index in [0.717, 1.165) is 32.1 Å². The molecule has 0 bridgehead atoms. The molecule has 0 saturated carbocycles. The predicted molar refractivity (Wildman–Crippen MR) is 103 cm³/mol. The molecule has 1 aliphatic heterocycles. The van der Waals surface area contributed by atoms with Crippen LogP contribution in [0.1, 0.15) is 17.3 Å². The average Bonchev–Trinajstić information content (AvgIpc) is 3.19. The normalized spacial score (nSPS) is 16.3. The highest BCUT2D eigenvalue weighted by Gasteiger charge is 2.29. The van der Waals surface area contributed by atoms with Gasteiger partial charge in [-0.15, -0.1) is 0 Å². The van der Waals surface area contributed by atoms with E-state index in [0.29, 0.717) is 0 Å². The molecule has 1 aromatic heterocycles. The molecule has 1 saturated heterocycles. The lowest BCUT2D eigenvalue weighted by molar-refractivity contribution is 0.0226. The Morgan fingerprint density at radius 2 is 1.62 bits per heavy atom. The Morgan fingerprint density at radius 3 is 2.38 bits per heavy atom. The van der Waals surface area contributed by atoms with Crippen LogP contribution in [0.25, 0.3) is 5.69 Å². The molecule has 1 atom stereocenters. The SMILES string of the molecule is COc1ccccc1C(c1cccn1-c1ccccc1)N1CCOCC1. The molecular formula is C22H24N2O2. The average molecular weight is 348 g/mol. The molecule has 0 radical (unpaired) electrons. The van der Waals surface area contributed by atoms with Gasteiger partial charge in [0.05, 0.1) is 26.4 Å². The first-order valence-corrected chi connectivity index (χ1v) is 9.06. The number of aromatic nitrogens is 1. The summed E-state index contributed by atoms with van der Waals surface area (Å²) in [5, 5.41) is 0. The maximum atomic E-state index is 5.69. The fraction of sp³-hybridized carbons (Fsp3) is 0.273. The number of hydrogen-bond donors (Lipinski definition) is 0. The molecule has 1 aliphatic rings. The zero-order valence-electron chi connectivity index (χ0n) is 15.0. The van der Waals surface area contributed by atoms with Gasteiger partial charge in [0.2, 0.25) is 0 Å². The summed E-state index contributed by atoms with van der Waals surface area (Å²) in [5.74, 6) is 0.921. The smallest absolute Gasteiger partial charge is 0.124 e. The van der Waals surface area contributed by atoms with Crippen LogP contribution in [0, 0.1) is 0 Å². The third kappa shape index (κ3) is 3.26. The van der Waals surface area contributed by atoms with Crippen molar-refractivity contribution >= 4 is 0 Å².